The standard InChI is InChI=1S/C18H16FN3O/c19-15-11-20-7-6-16(15)21-18(23)14-10-13(9-12-4-5-12)22-8-2-1-3-17(14)22/h1-3,6-8,10-12H,4-5,9H2,(H,20,21,23). The van der Waals surface area contributed by atoms with Crippen molar-refractivity contribution >= 4 is 17.1 Å². The van der Waals surface area contributed by atoms with Gasteiger partial charge in [0.1, 0.15) is 0 Å². The van der Waals surface area contributed by atoms with Gasteiger partial charge >= 0.3 is 0 Å². The number of aromatic nitrogens is 2. The summed E-state index contributed by atoms with van der Waals surface area (Å²) >= 11 is 0. The summed E-state index contributed by atoms with van der Waals surface area (Å²) in [6.07, 6.45) is 7.99. The number of hydrogen-bond acceptors (Lipinski definition) is 2. The Morgan fingerprint density at radius 1 is 1.35 bits per heavy atom. The van der Waals surface area contributed by atoms with Crippen molar-refractivity contribution in [2.45, 2.75) is 19.3 Å². The van der Waals surface area contributed by atoms with Gasteiger partial charge in [0.05, 0.1) is 23.0 Å². The number of carbonyl (C=O) groups is 1. The SMILES string of the molecule is O=C(Nc1ccncc1F)c1cc(CC2CC2)n2ccccc12. The molecule has 0 bridgehead atoms. The van der Waals surface area contributed by atoms with E-state index in [0.29, 0.717) is 5.56 Å². The van der Waals surface area contributed by atoms with Crippen molar-refractivity contribution in [2.75, 3.05) is 5.32 Å². The molecular formula is C18H16FN3O. The second kappa shape index (κ2) is 5.50. The summed E-state index contributed by atoms with van der Waals surface area (Å²) in [5.41, 5.74) is 2.68. The van der Waals surface area contributed by atoms with Crippen molar-refractivity contribution in [1.82, 2.24) is 9.38 Å². The van der Waals surface area contributed by atoms with E-state index in [1.165, 1.54) is 25.1 Å². The lowest BCUT2D eigenvalue weighted by Gasteiger charge is -2.05. The van der Waals surface area contributed by atoms with Crippen molar-refractivity contribution < 1.29 is 9.18 Å². The molecule has 23 heavy (non-hydrogen) atoms. The Morgan fingerprint density at radius 3 is 3.00 bits per heavy atom. The summed E-state index contributed by atoms with van der Waals surface area (Å²) in [6.45, 7) is 0. The summed E-state index contributed by atoms with van der Waals surface area (Å²) in [5.74, 6) is -0.120. The van der Waals surface area contributed by atoms with Crippen LogP contribution in [0.1, 0.15) is 28.9 Å². The molecule has 0 unspecified atom stereocenters. The van der Waals surface area contributed by atoms with Crippen molar-refractivity contribution in [3.8, 4) is 0 Å². The molecule has 0 saturated heterocycles. The predicted octanol–water partition coefficient (Wildman–Crippen LogP) is 3.68. The lowest BCUT2D eigenvalue weighted by atomic mass is 10.2. The van der Waals surface area contributed by atoms with Gasteiger partial charge in [0.2, 0.25) is 0 Å². The molecule has 3 heterocycles. The summed E-state index contributed by atoms with van der Waals surface area (Å²) in [6, 6.07) is 9.14. The molecule has 1 amide bonds. The van der Waals surface area contributed by atoms with Gasteiger partial charge in [-0.05, 0) is 49.4 Å². The number of hydrogen-bond donors (Lipinski definition) is 1. The first-order valence-electron chi connectivity index (χ1n) is 7.72. The molecule has 1 aliphatic carbocycles. The fourth-order valence-corrected chi connectivity index (χ4v) is 2.85. The molecule has 0 radical (unpaired) electrons. The van der Waals surface area contributed by atoms with Gasteiger partial charge in [-0.2, -0.15) is 0 Å². The zero-order valence-electron chi connectivity index (χ0n) is 12.5. The third-order valence-electron chi connectivity index (χ3n) is 4.22. The van der Waals surface area contributed by atoms with Crippen molar-refractivity contribution in [3.05, 3.63) is 66.0 Å². The molecule has 1 fully saturated rings. The van der Waals surface area contributed by atoms with E-state index >= 15 is 0 Å². The van der Waals surface area contributed by atoms with E-state index < -0.39 is 5.82 Å². The topological polar surface area (TPSA) is 46.4 Å². The Balaban J connectivity index is 1.70. The second-order valence-electron chi connectivity index (χ2n) is 5.96. The van der Waals surface area contributed by atoms with E-state index in [9.17, 15) is 9.18 Å². The van der Waals surface area contributed by atoms with Crippen LogP contribution in [0.25, 0.3) is 5.52 Å². The number of rotatable bonds is 4. The van der Waals surface area contributed by atoms with E-state index in [1.54, 1.807) is 0 Å². The fraction of sp³-hybridized carbons (Fsp3) is 0.222. The number of pyridine rings is 2. The smallest absolute Gasteiger partial charge is 0.257 e. The molecule has 0 spiro atoms. The number of nitrogens with zero attached hydrogens (tertiary/aromatic N) is 2. The minimum Gasteiger partial charge on any atom is -0.320 e. The van der Waals surface area contributed by atoms with Crippen LogP contribution in [0.2, 0.25) is 0 Å². The number of fused-ring (bicyclic) bond motifs is 1. The molecule has 0 atom stereocenters. The Kier molecular flexibility index (Phi) is 3.33. The van der Waals surface area contributed by atoms with Gasteiger partial charge in [0.25, 0.3) is 5.91 Å². The average molecular weight is 309 g/mol. The lowest BCUT2D eigenvalue weighted by molar-refractivity contribution is 0.102. The van der Waals surface area contributed by atoms with Crippen LogP contribution in [0.15, 0.2) is 48.9 Å². The highest BCUT2D eigenvalue weighted by atomic mass is 19.1. The van der Waals surface area contributed by atoms with Gasteiger partial charge in [-0.1, -0.05) is 6.07 Å². The molecule has 0 aromatic carbocycles. The first kappa shape index (κ1) is 13.9. The summed E-state index contributed by atoms with van der Waals surface area (Å²) in [4.78, 5) is 16.3. The largest absolute Gasteiger partial charge is 0.320 e. The first-order valence-corrected chi connectivity index (χ1v) is 7.72. The van der Waals surface area contributed by atoms with E-state index in [4.69, 9.17) is 0 Å². The molecular weight excluding hydrogens is 293 g/mol. The van der Waals surface area contributed by atoms with Crippen LogP contribution < -0.4 is 5.32 Å². The molecule has 5 heteroatoms. The Labute approximate surface area is 133 Å². The van der Waals surface area contributed by atoms with Gasteiger partial charge in [-0.15, -0.1) is 0 Å². The van der Waals surface area contributed by atoms with Crippen LogP contribution in [0, 0.1) is 11.7 Å². The predicted molar refractivity (Wildman–Crippen MR) is 86.0 cm³/mol. The number of anilines is 1. The second-order valence-corrected chi connectivity index (χ2v) is 5.96. The highest BCUT2D eigenvalue weighted by Gasteiger charge is 2.24. The summed E-state index contributed by atoms with van der Waals surface area (Å²) in [5, 5.41) is 2.63. The maximum absolute atomic E-state index is 13.7. The fourth-order valence-electron chi connectivity index (χ4n) is 2.85. The van der Waals surface area contributed by atoms with Crippen LogP contribution in [-0.4, -0.2) is 15.3 Å². The molecule has 3 aromatic rings. The van der Waals surface area contributed by atoms with Gasteiger partial charge in [-0.3, -0.25) is 9.78 Å². The van der Waals surface area contributed by atoms with Crippen LogP contribution in [0.3, 0.4) is 0 Å². The van der Waals surface area contributed by atoms with Crippen LogP contribution in [0.4, 0.5) is 10.1 Å². The Hall–Kier alpha value is -2.69. The zero-order valence-corrected chi connectivity index (χ0v) is 12.5. The highest BCUT2D eigenvalue weighted by molar-refractivity contribution is 6.09. The maximum Gasteiger partial charge on any atom is 0.257 e. The molecule has 4 rings (SSSR count). The van der Waals surface area contributed by atoms with Crippen LogP contribution in [-0.2, 0) is 6.42 Å². The third-order valence-corrected chi connectivity index (χ3v) is 4.22. The monoisotopic (exact) mass is 309 g/mol. The van der Waals surface area contributed by atoms with Crippen molar-refractivity contribution in [1.29, 1.82) is 0 Å². The number of amides is 1. The molecule has 0 aliphatic heterocycles. The Bertz CT molecular complexity index is 883. The molecule has 4 nitrogen and oxygen atoms in total. The van der Waals surface area contributed by atoms with Crippen LogP contribution in [0.5, 0.6) is 0 Å². The maximum atomic E-state index is 13.7. The summed E-state index contributed by atoms with van der Waals surface area (Å²) in [7, 11) is 0. The molecule has 1 saturated carbocycles. The van der Waals surface area contributed by atoms with Gasteiger partial charge in [-0.25, -0.2) is 4.39 Å². The Morgan fingerprint density at radius 2 is 2.22 bits per heavy atom. The van der Waals surface area contributed by atoms with Crippen molar-refractivity contribution in [3.63, 3.8) is 0 Å². The van der Waals surface area contributed by atoms with Gasteiger partial charge in [0, 0.05) is 18.1 Å². The van der Waals surface area contributed by atoms with E-state index in [1.807, 2.05) is 30.5 Å². The number of nitrogens with one attached hydrogen (secondary N) is 1. The zero-order chi connectivity index (χ0) is 15.8. The van der Waals surface area contributed by atoms with E-state index in [0.717, 1.165) is 29.7 Å². The number of halogens is 1. The quantitative estimate of drug-likeness (QED) is 0.799. The van der Waals surface area contributed by atoms with Gasteiger partial charge in [0.15, 0.2) is 5.82 Å². The molecule has 3 aromatic heterocycles. The van der Waals surface area contributed by atoms with E-state index in [2.05, 4.69) is 14.7 Å². The molecule has 1 N–H and O–H groups in total. The molecule has 116 valence electrons. The summed E-state index contributed by atoms with van der Waals surface area (Å²) < 4.78 is 15.7. The number of carbonyl (C=O) groups excluding carboxylic acids is 1. The lowest BCUT2D eigenvalue weighted by Crippen LogP contribution is -2.12. The van der Waals surface area contributed by atoms with Gasteiger partial charge < -0.3 is 9.72 Å². The molecule has 1 aliphatic rings. The minimum absolute atomic E-state index is 0.143. The highest BCUT2D eigenvalue weighted by Crippen LogP contribution is 2.33. The normalized spacial score (nSPS) is 14.1. The average Bonchev–Trinajstić information content (AvgIpc) is 3.30. The van der Waals surface area contributed by atoms with Crippen LogP contribution >= 0.6 is 0 Å². The minimum atomic E-state index is -0.539. The van der Waals surface area contributed by atoms with Crippen molar-refractivity contribution in [2.24, 2.45) is 5.92 Å². The van der Waals surface area contributed by atoms with E-state index in [-0.39, 0.29) is 11.6 Å². The third kappa shape index (κ3) is 2.70. The first-order chi connectivity index (χ1) is 11.2.